The zero-order valence-corrected chi connectivity index (χ0v) is 11.5. The number of methoxy groups -OCH3 is 1. The second-order valence-corrected chi connectivity index (χ2v) is 5.40. The van der Waals surface area contributed by atoms with Crippen LogP contribution in [-0.2, 0) is 15.1 Å². The van der Waals surface area contributed by atoms with Gasteiger partial charge in [-0.15, -0.1) is 0 Å². The predicted octanol–water partition coefficient (Wildman–Crippen LogP) is 1.19. The molecule has 1 N–H and O–H groups in total. The average molecular weight is 267 g/mol. The van der Waals surface area contributed by atoms with Crippen molar-refractivity contribution in [3.05, 3.63) is 11.7 Å². The van der Waals surface area contributed by atoms with Crippen molar-refractivity contribution in [2.75, 3.05) is 26.9 Å². The third-order valence-corrected chi connectivity index (χ3v) is 4.38. The van der Waals surface area contributed by atoms with Crippen LogP contribution in [0.1, 0.15) is 43.8 Å². The van der Waals surface area contributed by atoms with Crippen molar-refractivity contribution >= 4 is 0 Å². The van der Waals surface area contributed by atoms with Crippen LogP contribution >= 0.6 is 0 Å². The summed E-state index contributed by atoms with van der Waals surface area (Å²) in [5.74, 6) is 1.72. The molecule has 2 saturated heterocycles. The van der Waals surface area contributed by atoms with E-state index in [0.717, 1.165) is 31.7 Å². The molecule has 0 radical (unpaired) electrons. The molecule has 2 atom stereocenters. The zero-order chi connectivity index (χ0) is 13.3. The number of nitrogens with zero attached hydrogens (tertiary/aromatic N) is 2. The molecule has 3 heterocycles. The van der Waals surface area contributed by atoms with Crippen LogP contribution in [0.3, 0.4) is 0 Å². The van der Waals surface area contributed by atoms with Crippen LogP contribution in [0, 0.1) is 0 Å². The summed E-state index contributed by atoms with van der Waals surface area (Å²) in [7, 11) is 1.71. The van der Waals surface area contributed by atoms with Crippen LogP contribution in [0.15, 0.2) is 4.52 Å². The lowest BCUT2D eigenvalue weighted by molar-refractivity contribution is -0.101. The Morgan fingerprint density at radius 1 is 1.37 bits per heavy atom. The molecule has 1 aromatic heterocycles. The van der Waals surface area contributed by atoms with E-state index in [1.54, 1.807) is 7.11 Å². The van der Waals surface area contributed by atoms with Gasteiger partial charge in [-0.05, 0) is 19.9 Å². The van der Waals surface area contributed by atoms with E-state index in [4.69, 9.17) is 14.0 Å². The maximum atomic E-state index is 5.69. The van der Waals surface area contributed by atoms with E-state index in [2.05, 4.69) is 22.4 Å². The number of ether oxygens (including phenoxy) is 2. The van der Waals surface area contributed by atoms with Gasteiger partial charge in [-0.1, -0.05) is 5.16 Å². The largest absolute Gasteiger partial charge is 0.381 e. The second-order valence-electron chi connectivity index (χ2n) is 5.40. The predicted molar refractivity (Wildman–Crippen MR) is 67.9 cm³/mol. The molecule has 0 amide bonds. The highest BCUT2D eigenvalue weighted by Crippen LogP contribution is 2.35. The Bertz CT molecular complexity index is 429. The van der Waals surface area contributed by atoms with Gasteiger partial charge in [0, 0.05) is 39.2 Å². The normalized spacial score (nSPS) is 30.6. The Labute approximate surface area is 112 Å². The van der Waals surface area contributed by atoms with E-state index in [1.165, 1.54) is 0 Å². The van der Waals surface area contributed by atoms with Gasteiger partial charge in [-0.2, -0.15) is 4.98 Å². The third-order valence-electron chi connectivity index (χ3n) is 4.38. The molecule has 3 rings (SSSR count). The fourth-order valence-corrected chi connectivity index (χ4v) is 2.99. The molecule has 6 heteroatoms. The summed E-state index contributed by atoms with van der Waals surface area (Å²) in [6, 6.07) is 0.390. The van der Waals surface area contributed by atoms with Crippen molar-refractivity contribution in [3.63, 3.8) is 0 Å². The maximum absolute atomic E-state index is 5.69. The summed E-state index contributed by atoms with van der Waals surface area (Å²) < 4.78 is 16.6. The van der Waals surface area contributed by atoms with Gasteiger partial charge in [-0.3, -0.25) is 0 Å². The molecule has 0 aromatic carbocycles. The summed E-state index contributed by atoms with van der Waals surface area (Å²) >= 11 is 0. The minimum atomic E-state index is -0.435. The fourth-order valence-electron chi connectivity index (χ4n) is 2.99. The first-order valence-electron chi connectivity index (χ1n) is 6.95. The van der Waals surface area contributed by atoms with E-state index < -0.39 is 5.60 Å². The van der Waals surface area contributed by atoms with Crippen molar-refractivity contribution in [1.82, 2.24) is 15.5 Å². The highest BCUT2D eigenvalue weighted by atomic mass is 16.5. The van der Waals surface area contributed by atoms with Crippen molar-refractivity contribution in [2.24, 2.45) is 0 Å². The molecule has 0 bridgehead atoms. The molecule has 106 valence electrons. The number of hydrogen-bond acceptors (Lipinski definition) is 6. The first-order chi connectivity index (χ1) is 9.25. The quantitative estimate of drug-likeness (QED) is 0.887. The molecule has 19 heavy (non-hydrogen) atoms. The number of rotatable bonds is 3. The second kappa shape index (κ2) is 5.19. The molecule has 0 aliphatic carbocycles. The monoisotopic (exact) mass is 267 g/mol. The van der Waals surface area contributed by atoms with E-state index in [9.17, 15) is 0 Å². The Balaban J connectivity index is 1.83. The Morgan fingerprint density at radius 3 is 2.79 bits per heavy atom. The Hall–Kier alpha value is -0.980. The van der Waals surface area contributed by atoms with Crippen LogP contribution in [0.5, 0.6) is 0 Å². The molecule has 2 aliphatic heterocycles. The molecule has 0 saturated carbocycles. The smallest absolute Gasteiger partial charge is 0.231 e. The number of nitrogens with one attached hydrogen (secondary N) is 1. The van der Waals surface area contributed by atoms with E-state index >= 15 is 0 Å². The van der Waals surface area contributed by atoms with Crippen LogP contribution in [0.25, 0.3) is 0 Å². The van der Waals surface area contributed by atoms with Crippen molar-refractivity contribution in [1.29, 1.82) is 0 Å². The SMILES string of the molecule is COC1(c2noc(C3CCNC3C)n2)CCOCC1. The van der Waals surface area contributed by atoms with Gasteiger partial charge in [0.2, 0.25) is 11.7 Å². The van der Waals surface area contributed by atoms with Gasteiger partial charge in [0.05, 0.1) is 5.92 Å². The minimum Gasteiger partial charge on any atom is -0.381 e. The average Bonchev–Trinajstić information content (AvgIpc) is 3.08. The summed E-state index contributed by atoms with van der Waals surface area (Å²) in [6.07, 6.45) is 2.60. The van der Waals surface area contributed by atoms with E-state index in [-0.39, 0.29) is 0 Å². The molecule has 2 unspecified atom stereocenters. The van der Waals surface area contributed by atoms with Crippen LogP contribution in [0.2, 0.25) is 0 Å². The Morgan fingerprint density at radius 2 is 2.16 bits per heavy atom. The fraction of sp³-hybridized carbons (Fsp3) is 0.846. The molecule has 6 nitrogen and oxygen atoms in total. The molecular formula is C13H21N3O3. The maximum Gasteiger partial charge on any atom is 0.231 e. The summed E-state index contributed by atoms with van der Waals surface area (Å²) in [5, 5.41) is 7.57. The Kier molecular flexibility index (Phi) is 3.56. The van der Waals surface area contributed by atoms with Gasteiger partial charge < -0.3 is 19.3 Å². The van der Waals surface area contributed by atoms with E-state index in [1.807, 2.05) is 0 Å². The summed E-state index contributed by atoms with van der Waals surface area (Å²) in [5.41, 5.74) is -0.435. The van der Waals surface area contributed by atoms with Gasteiger partial charge >= 0.3 is 0 Å². The van der Waals surface area contributed by atoms with Crippen LogP contribution in [-0.4, -0.2) is 43.1 Å². The van der Waals surface area contributed by atoms with E-state index in [0.29, 0.717) is 31.0 Å². The highest BCUT2D eigenvalue weighted by molar-refractivity contribution is 5.07. The summed E-state index contributed by atoms with van der Waals surface area (Å²) in [6.45, 7) is 4.52. The van der Waals surface area contributed by atoms with Gasteiger partial charge in [0.25, 0.3) is 0 Å². The third kappa shape index (κ3) is 2.28. The molecule has 2 fully saturated rings. The standard InChI is InChI=1S/C13H21N3O3/c1-9-10(3-6-14-9)11-15-12(16-19-11)13(17-2)4-7-18-8-5-13/h9-10,14H,3-8H2,1-2H3. The van der Waals surface area contributed by atoms with Crippen LogP contribution in [0.4, 0.5) is 0 Å². The first-order valence-corrected chi connectivity index (χ1v) is 6.95. The zero-order valence-electron chi connectivity index (χ0n) is 11.5. The molecule has 2 aliphatic rings. The lowest BCUT2D eigenvalue weighted by Gasteiger charge is -2.32. The van der Waals surface area contributed by atoms with Crippen LogP contribution < -0.4 is 5.32 Å². The first kappa shape index (κ1) is 13.0. The number of hydrogen-bond donors (Lipinski definition) is 1. The van der Waals surface area contributed by atoms with Gasteiger partial charge in [-0.25, -0.2) is 0 Å². The molecular weight excluding hydrogens is 246 g/mol. The van der Waals surface area contributed by atoms with Crippen molar-refractivity contribution in [3.8, 4) is 0 Å². The highest BCUT2D eigenvalue weighted by Gasteiger charge is 2.40. The van der Waals surface area contributed by atoms with Gasteiger partial charge in [0.1, 0.15) is 5.60 Å². The number of aromatic nitrogens is 2. The summed E-state index contributed by atoms with van der Waals surface area (Å²) in [4.78, 5) is 4.61. The lowest BCUT2D eigenvalue weighted by Crippen LogP contribution is -2.36. The topological polar surface area (TPSA) is 69.4 Å². The minimum absolute atomic E-state index is 0.315. The molecule has 0 spiro atoms. The lowest BCUT2D eigenvalue weighted by atomic mass is 9.93. The van der Waals surface area contributed by atoms with Gasteiger partial charge in [0.15, 0.2) is 0 Å². The van der Waals surface area contributed by atoms with Crippen molar-refractivity contribution in [2.45, 2.75) is 43.7 Å². The molecule has 1 aromatic rings. The van der Waals surface area contributed by atoms with Crippen molar-refractivity contribution < 1.29 is 14.0 Å².